The summed E-state index contributed by atoms with van der Waals surface area (Å²) in [7, 11) is 0. The summed E-state index contributed by atoms with van der Waals surface area (Å²) < 4.78 is 2.18. The second-order valence-electron chi connectivity index (χ2n) is 10.5. The van der Waals surface area contributed by atoms with Crippen LogP contribution in [0.25, 0.3) is 11.1 Å². The number of nitrogens with one attached hydrogen (secondary N) is 3. The van der Waals surface area contributed by atoms with Gasteiger partial charge in [0.1, 0.15) is 0 Å². The second-order valence-corrected chi connectivity index (χ2v) is 11.7. The zero-order valence-electron chi connectivity index (χ0n) is 23.6. The fourth-order valence-electron chi connectivity index (χ4n) is 5.92. The zero-order valence-corrected chi connectivity index (χ0v) is 25.8. The number of hydrogen-bond acceptors (Lipinski definition) is 6. The molecule has 1 aliphatic carbocycles. The Hall–Kier alpha value is -4.63. The van der Waals surface area contributed by atoms with Gasteiger partial charge in [-0.3, -0.25) is 9.97 Å². The summed E-state index contributed by atoms with van der Waals surface area (Å²) >= 11 is 2.36. The van der Waals surface area contributed by atoms with Gasteiger partial charge in [-0.15, -0.1) is 0 Å². The van der Waals surface area contributed by atoms with E-state index in [0.29, 0.717) is 0 Å². The second kappa shape index (κ2) is 12.3. The van der Waals surface area contributed by atoms with Gasteiger partial charge in [-0.25, -0.2) is 0 Å². The lowest BCUT2D eigenvalue weighted by atomic mass is 9.91. The highest BCUT2D eigenvalue weighted by molar-refractivity contribution is 14.1. The Balaban J connectivity index is 1.62. The summed E-state index contributed by atoms with van der Waals surface area (Å²) in [5, 5.41) is 10.0. The maximum Gasteiger partial charge on any atom is 0.0589 e. The van der Waals surface area contributed by atoms with E-state index in [0.717, 1.165) is 37.3 Å². The van der Waals surface area contributed by atoms with Gasteiger partial charge in [-0.05, 0) is 134 Å². The van der Waals surface area contributed by atoms with Gasteiger partial charge in [0.05, 0.1) is 22.9 Å². The van der Waals surface area contributed by atoms with Gasteiger partial charge in [-0.2, -0.15) is 0 Å². The maximum absolute atomic E-state index is 4.36. The molecule has 5 aliphatic rings. The third-order valence-corrected chi connectivity index (χ3v) is 8.61. The summed E-state index contributed by atoms with van der Waals surface area (Å²) in [6, 6.07) is 8.50. The van der Waals surface area contributed by atoms with Crippen LogP contribution in [0.4, 0.5) is 0 Å². The molecule has 3 N–H and O–H groups in total. The van der Waals surface area contributed by atoms with Crippen molar-refractivity contribution in [1.29, 1.82) is 0 Å². The van der Waals surface area contributed by atoms with Crippen LogP contribution >= 0.6 is 22.9 Å². The Labute approximate surface area is 266 Å². The molecule has 0 radical (unpaired) electrons. The van der Waals surface area contributed by atoms with E-state index >= 15 is 0 Å². The number of aromatic nitrogens is 2. The number of halogens is 1. The van der Waals surface area contributed by atoms with Crippen LogP contribution in [0.3, 0.4) is 0 Å². The van der Waals surface area contributed by atoms with E-state index in [1.165, 1.54) is 55.7 Å². The molecule has 43 heavy (non-hydrogen) atoms. The van der Waals surface area contributed by atoms with Crippen LogP contribution in [-0.2, 0) is 0 Å². The van der Waals surface area contributed by atoms with Crippen molar-refractivity contribution >= 4 is 34.0 Å². The molecule has 0 saturated heterocycles. The molecule has 0 bridgehead atoms. The van der Waals surface area contributed by atoms with Gasteiger partial charge in [0.15, 0.2) is 0 Å². The number of dihydropyridines is 3. The standard InChI is InChI=1S/C36H31IN6/c37-43-23-11-30(12-24-43)33(29-9-21-42-22-10-29)36-34(31(25-1-13-38-14-2-25)26-3-15-39-16-4-26)35(36)32(27-5-17-40-18-6-27)28-7-19-41-20-8-28/h1-15,17-19,21,23,39,41-42H,16,20,22,24H2. The first kappa shape index (κ1) is 27.2. The highest BCUT2D eigenvalue weighted by atomic mass is 127. The van der Waals surface area contributed by atoms with Gasteiger partial charge in [0.25, 0.3) is 0 Å². The molecule has 2 aromatic heterocycles. The van der Waals surface area contributed by atoms with Crippen LogP contribution in [0.15, 0.2) is 167 Å². The summed E-state index contributed by atoms with van der Waals surface area (Å²) in [5.74, 6) is 0. The Bertz CT molecular complexity index is 1690. The fraction of sp³-hybridized carbons (Fsp3) is 0.111. The molecule has 0 amide bonds. The van der Waals surface area contributed by atoms with E-state index in [4.69, 9.17) is 0 Å². The summed E-state index contributed by atoms with van der Waals surface area (Å²) in [6.45, 7) is 3.22. The number of hydrogen-bond donors (Lipinski definition) is 3. The molecule has 0 atom stereocenters. The highest BCUT2D eigenvalue weighted by Gasteiger charge is 2.42. The van der Waals surface area contributed by atoms with Crippen LogP contribution in [0, 0.1) is 0 Å². The molecule has 1 saturated carbocycles. The monoisotopic (exact) mass is 674 g/mol. The molecule has 0 unspecified atom stereocenters. The number of pyridine rings is 2. The SMILES string of the molecule is IN1C=CC(C(C2=CCNC=C2)=C2C(=C(C3=CCNC=C3)c3ccncc3)C2=C(C2=CCNC=C2)c2ccncc2)=CC1. The van der Waals surface area contributed by atoms with E-state index in [-0.39, 0.29) is 0 Å². The fourth-order valence-corrected chi connectivity index (χ4v) is 6.28. The Kier molecular flexibility index (Phi) is 7.79. The molecule has 6 heterocycles. The first-order chi connectivity index (χ1) is 21.3. The topological polar surface area (TPSA) is 65.1 Å². The minimum atomic E-state index is 0.786. The van der Waals surface area contributed by atoms with Gasteiger partial charge in [0.2, 0.25) is 0 Å². The molecule has 6 nitrogen and oxygen atoms in total. The van der Waals surface area contributed by atoms with Crippen molar-refractivity contribution in [2.45, 2.75) is 0 Å². The van der Waals surface area contributed by atoms with E-state index in [1.54, 1.807) is 0 Å². The van der Waals surface area contributed by atoms with Crippen LogP contribution in [-0.4, -0.2) is 39.3 Å². The van der Waals surface area contributed by atoms with E-state index in [2.05, 4.69) is 150 Å². The van der Waals surface area contributed by atoms with E-state index < -0.39 is 0 Å². The van der Waals surface area contributed by atoms with Gasteiger partial charge < -0.3 is 19.1 Å². The third-order valence-electron chi connectivity index (χ3n) is 7.89. The highest BCUT2D eigenvalue weighted by Crippen LogP contribution is 2.59. The minimum Gasteiger partial charge on any atom is -0.387 e. The van der Waals surface area contributed by atoms with Crippen molar-refractivity contribution in [2.24, 2.45) is 0 Å². The predicted octanol–water partition coefficient (Wildman–Crippen LogP) is 6.23. The molecule has 4 aliphatic heterocycles. The van der Waals surface area contributed by atoms with Crippen molar-refractivity contribution < 1.29 is 0 Å². The molecule has 0 aromatic carbocycles. The quantitative estimate of drug-likeness (QED) is 0.250. The first-order valence-corrected chi connectivity index (χ1v) is 15.4. The van der Waals surface area contributed by atoms with Gasteiger partial charge in [0, 0.05) is 57.2 Å². The zero-order chi connectivity index (χ0) is 29.0. The minimum absolute atomic E-state index is 0.786. The van der Waals surface area contributed by atoms with Gasteiger partial charge >= 0.3 is 0 Å². The smallest absolute Gasteiger partial charge is 0.0589 e. The summed E-state index contributed by atoms with van der Waals surface area (Å²) in [6.07, 6.45) is 33.9. The normalized spacial score (nSPS) is 21.0. The number of nitrogens with zero attached hydrogens (tertiary/aromatic N) is 3. The maximum atomic E-state index is 4.36. The Morgan fingerprint density at radius 3 is 1.37 bits per heavy atom. The van der Waals surface area contributed by atoms with Crippen LogP contribution < -0.4 is 16.0 Å². The van der Waals surface area contributed by atoms with Crippen molar-refractivity contribution in [3.8, 4) is 0 Å². The molecule has 1 fully saturated rings. The number of rotatable bonds is 6. The predicted molar refractivity (Wildman–Crippen MR) is 183 cm³/mol. The van der Waals surface area contributed by atoms with Crippen molar-refractivity contribution in [1.82, 2.24) is 29.0 Å². The lowest BCUT2D eigenvalue weighted by Crippen LogP contribution is -2.12. The lowest BCUT2D eigenvalue weighted by Gasteiger charge is -2.19. The molecule has 2 aromatic rings. The van der Waals surface area contributed by atoms with E-state index in [1.807, 2.05) is 24.8 Å². The molecular formula is C36H31IN6. The largest absolute Gasteiger partial charge is 0.387 e. The number of allylic oxidation sites excluding steroid dienone is 14. The van der Waals surface area contributed by atoms with Crippen molar-refractivity contribution in [3.63, 3.8) is 0 Å². The molecule has 7 rings (SSSR count). The molecule has 0 spiro atoms. The average Bonchev–Trinajstić information content (AvgIpc) is 3.77. The lowest BCUT2D eigenvalue weighted by molar-refractivity contribution is 0.738. The molecular weight excluding hydrogens is 643 g/mol. The van der Waals surface area contributed by atoms with Crippen LogP contribution in [0.5, 0.6) is 0 Å². The van der Waals surface area contributed by atoms with Crippen molar-refractivity contribution in [3.05, 3.63) is 178 Å². The Morgan fingerprint density at radius 1 is 0.558 bits per heavy atom. The molecule has 212 valence electrons. The van der Waals surface area contributed by atoms with Crippen LogP contribution in [0.2, 0.25) is 0 Å². The van der Waals surface area contributed by atoms with Gasteiger partial charge in [-0.1, -0.05) is 24.3 Å². The van der Waals surface area contributed by atoms with Crippen LogP contribution in [0.1, 0.15) is 11.1 Å². The third kappa shape index (κ3) is 5.60. The summed E-state index contributed by atoms with van der Waals surface area (Å²) in [5.41, 5.74) is 14.7. The Morgan fingerprint density at radius 2 is 0.977 bits per heavy atom. The first-order valence-electron chi connectivity index (χ1n) is 14.5. The molecule has 7 heteroatoms. The van der Waals surface area contributed by atoms with Crippen molar-refractivity contribution in [2.75, 3.05) is 26.2 Å². The van der Waals surface area contributed by atoms with E-state index in [9.17, 15) is 0 Å². The average molecular weight is 675 g/mol. The summed E-state index contributed by atoms with van der Waals surface area (Å²) in [4.78, 5) is 8.72.